The second-order valence-corrected chi connectivity index (χ2v) is 1.65. The molecule has 14 heavy (non-hydrogen) atoms. The molecule has 0 aliphatic rings. The average molecular weight is 216 g/mol. The average Bonchev–Trinajstić information content (AvgIpc) is 1.90. The van der Waals surface area contributed by atoms with Gasteiger partial charge in [0.1, 0.15) is 0 Å². The zero-order valence-electron chi connectivity index (χ0n) is 7.70. The molecule has 0 amide bonds. The van der Waals surface area contributed by atoms with Gasteiger partial charge in [0.25, 0.3) is 0 Å². The van der Waals surface area contributed by atoms with E-state index < -0.39 is 5.97 Å². The molecule has 0 fully saturated rings. The molecule has 78 valence electrons. The molecule has 0 radical (unpaired) electrons. The number of hydrogen-bond acceptors (Lipinski definition) is 2. The molecule has 0 aliphatic carbocycles. The normalized spacial score (nSPS) is 5.71. The fraction of sp³-hybridized carbons (Fsp3) is 0. The van der Waals surface area contributed by atoms with Gasteiger partial charge >= 0.3 is 29.6 Å². The number of carbonyl (C=O) groups is 1. The van der Waals surface area contributed by atoms with Crippen LogP contribution < -0.4 is 34.7 Å². The van der Waals surface area contributed by atoms with E-state index in [0.29, 0.717) is 0 Å². The summed E-state index contributed by atoms with van der Waals surface area (Å²) in [6.07, 6.45) is 0. The quantitative estimate of drug-likeness (QED) is 0.426. The van der Waals surface area contributed by atoms with Crippen molar-refractivity contribution in [2.75, 3.05) is 0 Å². The van der Waals surface area contributed by atoms with E-state index in [1.165, 1.54) is 12.1 Å². The summed E-state index contributed by atoms with van der Waals surface area (Å²) in [5, 5.41) is 10.1. The van der Waals surface area contributed by atoms with Crippen molar-refractivity contribution < 1.29 is 61.4 Å². The van der Waals surface area contributed by atoms with Gasteiger partial charge in [-0.1, -0.05) is 30.3 Å². The standard InChI is InChI=1S/C7H6O2.Na.4H2O/c8-7(9)6-4-2-1-3-5-6;;;;;/h1-5H,(H,8,9);;4*1H2/q;+1;;;;/p-1. The van der Waals surface area contributed by atoms with Crippen molar-refractivity contribution in [2.24, 2.45) is 0 Å². The molecule has 0 heterocycles. The molecule has 0 spiro atoms. The molecule has 1 aromatic rings. The summed E-state index contributed by atoms with van der Waals surface area (Å²) in [5.74, 6) is -1.13. The van der Waals surface area contributed by atoms with E-state index in [2.05, 4.69) is 0 Å². The molecule has 0 atom stereocenters. The number of hydrogen-bond donors (Lipinski definition) is 0. The molecule has 6 nitrogen and oxygen atoms in total. The Morgan fingerprint density at radius 1 is 0.929 bits per heavy atom. The number of carboxylic acids is 1. The summed E-state index contributed by atoms with van der Waals surface area (Å²) >= 11 is 0. The van der Waals surface area contributed by atoms with Gasteiger partial charge in [0, 0.05) is 0 Å². The van der Waals surface area contributed by atoms with Crippen LogP contribution in [0.1, 0.15) is 10.4 Å². The van der Waals surface area contributed by atoms with Gasteiger partial charge in [-0.15, -0.1) is 0 Å². The number of rotatable bonds is 1. The maximum atomic E-state index is 10.1. The van der Waals surface area contributed by atoms with Gasteiger partial charge < -0.3 is 31.8 Å². The van der Waals surface area contributed by atoms with Crippen molar-refractivity contribution in [2.45, 2.75) is 0 Å². The van der Waals surface area contributed by atoms with Crippen LogP contribution in [0, 0.1) is 0 Å². The number of aromatic carboxylic acids is 1. The first-order chi connectivity index (χ1) is 4.30. The van der Waals surface area contributed by atoms with Gasteiger partial charge in [-0.25, -0.2) is 0 Å². The van der Waals surface area contributed by atoms with Crippen LogP contribution in [0.5, 0.6) is 0 Å². The Morgan fingerprint density at radius 2 is 1.29 bits per heavy atom. The topological polar surface area (TPSA) is 166 Å². The van der Waals surface area contributed by atoms with Gasteiger partial charge in [0.15, 0.2) is 0 Å². The summed E-state index contributed by atoms with van der Waals surface area (Å²) in [6.45, 7) is 0. The molecular formula is C7H13NaO6. The summed E-state index contributed by atoms with van der Waals surface area (Å²) < 4.78 is 0. The minimum atomic E-state index is -1.13. The summed E-state index contributed by atoms with van der Waals surface area (Å²) in [4.78, 5) is 10.1. The number of benzene rings is 1. The molecule has 0 saturated heterocycles. The van der Waals surface area contributed by atoms with Crippen molar-refractivity contribution in [1.29, 1.82) is 0 Å². The van der Waals surface area contributed by atoms with E-state index in [4.69, 9.17) is 0 Å². The zero-order valence-corrected chi connectivity index (χ0v) is 9.70. The third-order valence-electron chi connectivity index (χ3n) is 1.01. The Kier molecular flexibility index (Phi) is 31.3. The Balaban J connectivity index is -0.0000000540. The largest absolute Gasteiger partial charge is 1.00 e. The second kappa shape index (κ2) is 15.0. The van der Waals surface area contributed by atoms with E-state index in [0.717, 1.165) is 0 Å². The predicted molar refractivity (Wildman–Crippen MR) is 45.2 cm³/mol. The molecule has 0 unspecified atom stereocenters. The van der Waals surface area contributed by atoms with Crippen molar-refractivity contribution in [1.82, 2.24) is 0 Å². The van der Waals surface area contributed by atoms with Crippen LogP contribution in [-0.2, 0) is 0 Å². The molecule has 0 saturated carbocycles. The molecule has 1 rings (SSSR count). The van der Waals surface area contributed by atoms with Crippen molar-refractivity contribution in [3.63, 3.8) is 0 Å². The van der Waals surface area contributed by atoms with Gasteiger partial charge in [-0.05, 0) is 5.56 Å². The van der Waals surface area contributed by atoms with Crippen molar-refractivity contribution >= 4 is 5.97 Å². The predicted octanol–water partition coefficient (Wildman–Crippen LogP) is -6.24. The van der Waals surface area contributed by atoms with Crippen LogP contribution >= 0.6 is 0 Å². The molecule has 0 aromatic heterocycles. The van der Waals surface area contributed by atoms with Crippen LogP contribution in [0.3, 0.4) is 0 Å². The van der Waals surface area contributed by atoms with Crippen LogP contribution in [0.15, 0.2) is 30.3 Å². The van der Waals surface area contributed by atoms with Crippen LogP contribution in [0.25, 0.3) is 0 Å². The molecule has 0 bridgehead atoms. The Bertz CT molecular complexity index is 215. The fourth-order valence-corrected chi connectivity index (χ4v) is 0.574. The van der Waals surface area contributed by atoms with Gasteiger partial charge in [0.2, 0.25) is 0 Å². The van der Waals surface area contributed by atoms with Gasteiger partial charge in [-0.2, -0.15) is 0 Å². The van der Waals surface area contributed by atoms with E-state index in [9.17, 15) is 9.90 Å². The minimum Gasteiger partial charge on any atom is -0.545 e. The number of carboxylic acid groups (broad SMARTS) is 1. The Hall–Kier alpha value is -0.470. The van der Waals surface area contributed by atoms with Gasteiger partial charge in [0.05, 0.1) is 5.97 Å². The smallest absolute Gasteiger partial charge is 0.545 e. The molecule has 8 N–H and O–H groups in total. The maximum absolute atomic E-state index is 10.1. The van der Waals surface area contributed by atoms with Gasteiger partial charge in [-0.3, -0.25) is 0 Å². The first-order valence-corrected chi connectivity index (χ1v) is 2.57. The third kappa shape index (κ3) is 9.62. The van der Waals surface area contributed by atoms with E-state index >= 15 is 0 Å². The second-order valence-electron chi connectivity index (χ2n) is 1.65. The summed E-state index contributed by atoms with van der Waals surface area (Å²) in [6, 6.07) is 8.06. The molecule has 7 heteroatoms. The minimum absolute atomic E-state index is 0. The fourth-order valence-electron chi connectivity index (χ4n) is 0.574. The van der Waals surface area contributed by atoms with E-state index in [-0.39, 0.29) is 57.0 Å². The van der Waals surface area contributed by atoms with Crippen LogP contribution in [0.2, 0.25) is 0 Å². The summed E-state index contributed by atoms with van der Waals surface area (Å²) in [5.41, 5.74) is 0.220. The Labute approximate surface area is 103 Å². The molecule has 1 aromatic carbocycles. The monoisotopic (exact) mass is 216 g/mol. The first kappa shape index (κ1) is 29.2. The van der Waals surface area contributed by atoms with Crippen molar-refractivity contribution in [3.05, 3.63) is 35.9 Å². The summed E-state index contributed by atoms with van der Waals surface area (Å²) in [7, 11) is 0. The van der Waals surface area contributed by atoms with Crippen LogP contribution in [-0.4, -0.2) is 27.9 Å². The maximum Gasteiger partial charge on any atom is 1.00 e. The zero-order chi connectivity index (χ0) is 6.69. The Morgan fingerprint density at radius 3 is 1.50 bits per heavy atom. The SMILES string of the molecule is O.O.O.O.O=C([O-])c1ccccc1.[Na+]. The number of carbonyl (C=O) groups excluding carboxylic acids is 1. The molecular weight excluding hydrogens is 203 g/mol. The van der Waals surface area contributed by atoms with E-state index in [1.807, 2.05) is 0 Å². The van der Waals surface area contributed by atoms with Crippen LogP contribution in [0.4, 0.5) is 0 Å². The third-order valence-corrected chi connectivity index (χ3v) is 1.01. The first-order valence-electron chi connectivity index (χ1n) is 2.57. The van der Waals surface area contributed by atoms with E-state index in [1.54, 1.807) is 18.2 Å². The molecule has 0 aliphatic heterocycles. The van der Waals surface area contributed by atoms with Crippen molar-refractivity contribution in [3.8, 4) is 0 Å².